The molecule has 4 aromatic rings. The highest BCUT2D eigenvalue weighted by molar-refractivity contribution is 5.96. The van der Waals surface area contributed by atoms with Crippen molar-refractivity contribution in [1.29, 1.82) is 0 Å². The third-order valence-electron chi connectivity index (χ3n) is 9.86. The smallest absolute Gasteiger partial charge is 0.407 e. The van der Waals surface area contributed by atoms with Gasteiger partial charge in [0.1, 0.15) is 5.60 Å². The van der Waals surface area contributed by atoms with Crippen LogP contribution in [0.2, 0.25) is 0 Å². The predicted octanol–water partition coefficient (Wildman–Crippen LogP) is 6.10. The number of anilines is 2. The van der Waals surface area contributed by atoms with E-state index in [-0.39, 0.29) is 29.0 Å². The Bertz CT molecular complexity index is 2060. The van der Waals surface area contributed by atoms with Crippen molar-refractivity contribution in [2.75, 3.05) is 57.7 Å². The molecule has 2 aliphatic heterocycles. The second-order valence-corrected chi connectivity index (χ2v) is 14.7. The van der Waals surface area contributed by atoms with Crippen molar-refractivity contribution in [3.05, 3.63) is 71.7 Å². The quantitative estimate of drug-likeness (QED) is 0.173. The molecule has 2 N–H and O–H groups in total. The van der Waals surface area contributed by atoms with E-state index in [9.17, 15) is 31.9 Å². The summed E-state index contributed by atoms with van der Waals surface area (Å²) in [5.74, 6) is -3.57. The van der Waals surface area contributed by atoms with Crippen LogP contribution in [-0.2, 0) is 16.0 Å². The van der Waals surface area contributed by atoms with Crippen molar-refractivity contribution in [2.45, 2.75) is 59.2 Å². The number of nitrogens with zero attached hydrogens (tertiary/aromatic N) is 6. The number of benzene rings is 2. The van der Waals surface area contributed by atoms with Crippen LogP contribution < -0.4 is 15.4 Å². The molecule has 2 aliphatic rings. The number of likely N-dealkylation sites (tertiary alicyclic amines) is 1. The van der Waals surface area contributed by atoms with Gasteiger partial charge in [0.05, 0.1) is 11.9 Å². The largest absolute Gasteiger partial charge is 0.444 e. The Hall–Kier alpha value is -5.45. The molecule has 2 fully saturated rings. The summed E-state index contributed by atoms with van der Waals surface area (Å²) in [5.41, 5.74) is 1.66. The van der Waals surface area contributed by atoms with E-state index in [1.807, 2.05) is 38.7 Å². The summed E-state index contributed by atoms with van der Waals surface area (Å²) in [7, 11) is 0. The molecule has 56 heavy (non-hydrogen) atoms. The van der Waals surface area contributed by atoms with E-state index in [2.05, 4.69) is 30.2 Å². The lowest BCUT2D eigenvalue weighted by Crippen LogP contribution is -2.53. The molecule has 0 saturated carbocycles. The van der Waals surface area contributed by atoms with Gasteiger partial charge in [0.25, 0.3) is 5.91 Å². The Morgan fingerprint density at radius 3 is 2.34 bits per heavy atom. The van der Waals surface area contributed by atoms with Crippen LogP contribution in [0.5, 0.6) is 5.75 Å². The van der Waals surface area contributed by atoms with Gasteiger partial charge in [0.15, 0.2) is 23.0 Å². The minimum absolute atomic E-state index is 0.0705. The van der Waals surface area contributed by atoms with Crippen molar-refractivity contribution in [3.8, 4) is 17.0 Å². The zero-order chi connectivity index (χ0) is 40.1. The summed E-state index contributed by atoms with van der Waals surface area (Å²) < 4.78 is 65.5. The van der Waals surface area contributed by atoms with Crippen LogP contribution in [0.1, 0.15) is 56.5 Å². The van der Waals surface area contributed by atoms with Gasteiger partial charge in [0, 0.05) is 74.4 Å². The van der Waals surface area contributed by atoms with Crippen LogP contribution in [0, 0.1) is 17.6 Å². The van der Waals surface area contributed by atoms with Crippen LogP contribution in [0.25, 0.3) is 16.9 Å². The molecule has 0 radical (unpaired) electrons. The summed E-state index contributed by atoms with van der Waals surface area (Å²) in [6, 6.07) is 7.40. The number of amides is 3. The number of piperidine rings is 1. The maximum absolute atomic E-state index is 15.0. The Kier molecular flexibility index (Phi) is 12.3. The number of hydrogen-bond donors (Lipinski definition) is 2. The number of carbonyl (C=O) groups excluding carboxylic acids is 3. The van der Waals surface area contributed by atoms with Gasteiger partial charge in [-0.2, -0.15) is 13.2 Å². The first-order valence-electron chi connectivity index (χ1n) is 18.6. The number of alkyl carbamates (subject to hydrolysis) is 1. The van der Waals surface area contributed by atoms with Gasteiger partial charge in [0.2, 0.25) is 11.7 Å². The Morgan fingerprint density at radius 1 is 0.946 bits per heavy atom. The summed E-state index contributed by atoms with van der Waals surface area (Å²) in [6.07, 6.45) is 5.88. The Balaban J connectivity index is 1.03. The van der Waals surface area contributed by atoms with E-state index in [0.29, 0.717) is 68.4 Å². The van der Waals surface area contributed by atoms with Crippen LogP contribution >= 0.6 is 0 Å². The van der Waals surface area contributed by atoms with E-state index < -0.39 is 35.7 Å². The number of alkyl halides is 2. The molecule has 17 heteroatoms. The van der Waals surface area contributed by atoms with E-state index in [1.165, 1.54) is 23.0 Å². The maximum Gasteiger partial charge on any atom is 0.407 e. The summed E-state index contributed by atoms with van der Waals surface area (Å²) in [6.45, 7) is 8.53. The van der Waals surface area contributed by atoms with Crippen molar-refractivity contribution in [3.63, 3.8) is 0 Å². The number of aryl methyl sites for hydroxylation is 1. The maximum atomic E-state index is 15.0. The number of rotatable bonds is 11. The third kappa shape index (κ3) is 9.32. The molecule has 2 aromatic heterocycles. The van der Waals surface area contributed by atoms with Gasteiger partial charge in [-0.1, -0.05) is 6.92 Å². The summed E-state index contributed by atoms with van der Waals surface area (Å²) >= 11 is 0. The highest BCUT2D eigenvalue weighted by Crippen LogP contribution is 2.33. The lowest BCUT2D eigenvalue weighted by molar-refractivity contribution is -0.138. The second kappa shape index (κ2) is 17.1. The normalized spacial score (nSPS) is 15.7. The predicted molar refractivity (Wildman–Crippen MR) is 200 cm³/mol. The zero-order valence-corrected chi connectivity index (χ0v) is 31.8. The monoisotopic (exact) mass is 782 g/mol. The summed E-state index contributed by atoms with van der Waals surface area (Å²) in [4.78, 5) is 53.7. The third-order valence-corrected chi connectivity index (χ3v) is 9.86. The Morgan fingerprint density at radius 2 is 1.66 bits per heavy atom. The molecule has 0 bridgehead atoms. The van der Waals surface area contributed by atoms with Gasteiger partial charge in [-0.15, -0.1) is 0 Å². The number of nitrogens with one attached hydrogen (secondary N) is 2. The summed E-state index contributed by atoms with van der Waals surface area (Å²) in [5, 5.41) is 5.98. The van der Waals surface area contributed by atoms with E-state index in [0.717, 1.165) is 43.6 Å². The van der Waals surface area contributed by atoms with E-state index >= 15 is 0 Å². The van der Waals surface area contributed by atoms with Crippen molar-refractivity contribution in [1.82, 2.24) is 34.4 Å². The number of hydrogen-bond acceptors (Lipinski definition) is 9. The molecule has 2 saturated heterocycles. The number of imidazole rings is 1. The van der Waals surface area contributed by atoms with Gasteiger partial charge < -0.3 is 34.8 Å². The molecule has 0 unspecified atom stereocenters. The number of halogens is 4. The second-order valence-electron chi connectivity index (χ2n) is 14.7. The van der Waals surface area contributed by atoms with Crippen LogP contribution in [-0.4, -0.2) is 112 Å². The minimum Gasteiger partial charge on any atom is -0.444 e. The molecule has 13 nitrogen and oxygen atoms in total. The average Bonchev–Trinajstić information content (AvgIpc) is 3.60. The van der Waals surface area contributed by atoms with Crippen molar-refractivity contribution >= 4 is 35.1 Å². The zero-order valence-electron chi connectivity index (χ0n) is 31.8. The average molecular weight is 783 g/mol. The molecular formula is C39H46F4N8O5. The number of fused-ring (bicyclic) bond motifs is 1. The molecule has 0 aliphatic carbocycles. The first-order chi connectivity index (χ1) is 26.7. The molecule has 300 valence electrons. The number of piperazine rings is 1. The first kappa shape index (κ1) is 40.2. The van der Waals surface area contributed by atoms with E-state index in [4.69, 9.17) is 4.74 Å². The molecular weight excluding hydrogens is 736 g/mol. The Labute approximate surface area is 322 Å². The fraction of sp³-hybridized carbons (Fsp3) is 0.462. The standard InChI is InChI=1S/C39H46F4N8O5/c1-5-24-22-26(47-33-34-46-23-29(51(34)17-13-44-33)28-8-9-30(55-37(42)43)32(41)31(28)40)6-7-27(24)36(53)50-20-18-49(19-21-50)35(52)25-10-14-48(15-11-25)16-12-45-38(54)56-39(2,3)4/h6-9,13,17,22-23,25,37H,5,10-12,14-16,18-21H2,1-4H3,(H,44,47)(H,45,54). The topological polar surface area (TPSA) is 134 Å². The van der Waals surface area contributed by atoms with Crippen LogP contribution in [0.3, 0.4) is 0 Å². The fourth-order valence-corrected chi connectivity index (χ4v) is 7.02. The van der Waals surface area contributed by atoms with Crippen LogP contribution in [0.4, 0.5) is 33.9 Å². The first-order valence-corrected chi connectivity index (χ1v) is 18.6. The highest BCUT2D eigenvalue weighted by Gasteiger charge is 2.32. The number of ether oxygens (including phenoxy) is 2. The van der Waals surface area contributed by atoms with Crippen molar-refractivity contribution < 1.29 is 41.4 Å². The van der Waals surface area contributed by atoms with Crippen LogP contribution in [0.15, 0.2) is 48.9 Å². The van der Waals surface area contributed by atoms with Crippen molar-refractivity contribution in [2.24, 2.45) is 5.92 Å². The van der Waals surface area contributed by atoms with Gasteiger partial charge >= 0.3 is 12.7 Å². The molecule has 2 aromatic carbocycles. The molecule has 0 atom stereocenters. The molecule has 6 rings (SSSR count). The van der Waals surface area contributed by atoms with E-state index in [1.54, 1.807) is 17.0 Å². The molecule has 3 amide bonds. The van der Waals surface area contributed by atoms with Gasteiger partial charge in [-0.3, -0.25) is 14.0 Å². The number of aromatic nitrogens is 3. The van der Waals surface area contributed by atoms with Gasteiger partial charge in [-0.05, 0) is 89.0 Å². The van der Waals surface area contributed by atoms with Gasteiger partial charge in [-0.25, -0.2) is 19.2 Å². The lowest BCUT2D eigenvalue weighted by Gasteiger charge is -2.38. The minimum atomic E-state index is -3.31. The molecule has 0 spiro atoms. The number of carbonyl (C=O) groups is 3. The molecule has 4 heterocycles. The highest BCUT2D eigenvalue weighted by atomic mass is 19.3. The fourth-order valence-electron chi connectivity index (χ4n) is 7.02. The lowest BCUT2D eigenvalue weighted by atomic mass is 9.95. The SMILES string of the molecule is CCc1cc(Nc2nccn3c(-c4ccc(OC(F)F)c(F)c4F)cnc23)ccc1C(=O)N1CCN(C(=O)C2CCN(CCNC(=O)OC(C)(C)C)CC2)CC1.